The van der Waals surface area contributed by atoms with E-state index >= 15 is 0 Å². The highest BCUT2D eigenvalue weighted by Gasteiger charge is 2.08. The third-order valence-electron chi connectivity index (χ3n) is 2.38. The minimum atomic E-state index is 0.412. The monoisotopic (exact) mass is 266 g/mol. The number of ether oxygens (including phenoxy) is 1. The van der Waals surface area contributed by atoms with Crippen molar-refractivity contribution in [2.24, 2.45) is 0 Å². The topological polar surface area (TPSA) is 52.8 Å². The van der Waals surface area contributed by atoms with Crippen molar-refractivity contribution in [1.29, 1.82) is 0 Å². The Labute approximate surface area is 111 Å². The summed E-state index contributed by atoms with van der Waals surface area (Å²) < 4.78 is 6.92. The molecule has 2 aromatic rings. The molecule has 5 nitrogen and oxygen atoms in total. The van der Waals surface area contributed by atoms with Crippen LogP contribution in [-0.2, 0) is 17.9 Å². The molecule has 0 spiro atoms. The van der Waals surface area contributed by atoms with E-state index in [4.69, 9.17) is 16.3 Å². The molecule has 0 saturated carbocycles. The zero-order valence-electron chi connectivity index (χ0n) is 10.4. The van der Waals surface area contributed by atoms with Crippen LogP contribution in [0, 0.1) is 0 Å². The molecule has 18 heavy (non-hydrogen) atoms. The van der Waals surface area contributed by atoms with Crippen molar-refractivity contribution in [3.63, 3.8) is 0 Å². The van der Waals surface area contributed by atoms with E-state index in [0.29, 0.717) is 17.6 Å². The Morgan fingerprint density at radius 1 is 1.39 bits per heavy atom. The highest BCUT2D eigenvalue weighted by Crippen LogP contribution is 2.18. The summed E-state index contributed by atoms with van der Waals surface area (Å²) in [7, 11) is 1.62. The Morgan fingerprint density at radius 2 is 2.22 bits per heavy atom. The SMILES string of the molecule is CCCn1cc(-c2nc(Cl)cc(COC)n2)cn1. The lowest BCUT2D eigenvalue weighted by atomic mass is 10.3. The predicted molar refractivity (Wildman–Crippen MR) is 69.3 cm³/mol. The zero-order valence-corrected chi connectivity index (χ0v) is 11.2. The number of halogens is 1. The zero-order chi connectivity index (χ0) is 13.0. The van der Waals surface area contributed by atoms with Gasteiger partial charge in [0.2, 0.25) is 0 Å². The van der Waals surface area contributed by atoms with E-state index in [2.05, 4.69) is 22.0 Å². The quantitative estimate of drug-likeness (QED) is 0.781. The van der Waals surface area contributed by atoms with Crippen LogP contribution in [0.5, 0.6) is 0 Å². The second-order valence-corrected chi connectivity index (χ2v) is 4.32. The fourth-order valence-electron chi connectivity index (χ4n) is 1.65. The van der Waals surface area contributed by atoms with Gasteiger partial charge in [-0.2, -0.15) is 5.10 Å². The highest BCUT2D eigenvalue weighted by molar-refractivity contribution is 6.29. The van der Waals surface area contributed by atoms with Crippen molar-refractivity contribution < 1.29 is 4.74 Å². The first-order chi connectivity index (χ1) is 8.72. The van der Waals surface area contributed by atoms with Crippen molar-refractivity contribution in [3.8, 4) is 11.4 Å². The molecule has 0 aliphatic rings. The van der Waals surface area contributed by atoms with Gasteiger partial charge in [-0.3, -0.25) is 4.68 Å². The standard InChI is InChI=1S/C12H15ClN4O/c1-3-4-17-7-9(6-14-17)12-15-10(8-18-2)5-11(13)16-12/h5-7H,3-4,8H2,1-2H3. The first-order valence-corrected chi connectivity index (χ1v) is 6.16. The van der Waals surface area contributed by atoms with Crippen LogP contribution in [0.2, 0.25) is 5.15 Å². The van der Waals surface area contributed by atoms with Crippen LogP contribution in [-0.4, -0.2) is 26.9 Å². The molecule has 0 aliphatic carbocycles. The van der Waals surface area contributed by atoms with Crippen molar-refractivity contribution in [1.82, 2.24) is 19.7 Å². The van der Waals surface area contributed by atoms with Crippen molar-refractivity contribution in [2.75, 3.05) is 7.11 Å². The van der Waals surface area contributed by atoms with Crippen LogP contribution >= 0.6 is 11.6 Å². The molecule has 2 aromatic heterocycles. The molecule has 0 aromatic carbocycles. The van der Waals surface area contributed by atoms with E-state index in [1.54, 1.807) is 19.4 Å². The number of methoxy groups -OCH3 is 1. The van der Waals surface area contributed by atoms with Crippen LogP contribution < -0.4 is 0 Å². The molecular weight excluding hydrogens is 252 g/mol. The van der Waals surface area contributed by atoms with Gasteiger partial charge >= 0.3 is 0 Å². The maximum absolute atomic E-state index is 5.97. The average Bonchev–Trinajstić information content (AvgIpc) is 2.78. The lowest BCUT2D eigenvalue weighted by Gasteiger charge is -2.02. The summed E-state index contributed by atoms with van der Waals surface area (Å²) in [5.74, 6) is 0.580. The molecule has 0 radical (unpaired) electrons. The van der Waals surface area contributed by atoms with Gasteiger partial charge in [0.05, 0.1) is 24.1 Å². The Morgan fingerprint density at radius 3 is 2.94 bits per heavy atom. The minimum absolute atomic E-state index is 0.412. The molecule has 2 heterocycles. The molecule has 0 atom stereocenters. The highest BCUT2D eigenvalue weighted by atomic mass is 35.5. The molecule has 0 unspecified atom stereocenters. The second kappa shape index (κ2) is 5.93. The smallest absolute Gasteiger partial charge is 0.164 e. The van der Waals surface area contributed by atoms with Crippen molar-refractivity contribution >= 4 is 11.6 Å². The molecule has 0 N–H and O–H groups in total. The number of hydrogen-bond donors (Lipinski definition) is 0. The summed E-state index contributed by atoms with van der Waals surface area (Å²) in [5, 5.41) is 4.66. The van der Waals surface area contributed by atoms with Gasteiger partial charge in [0, 0.05) is 19.9 Å². The Hall–Kier alpha value is -1.46. The second-order valence-electron chi connectivity index (χ2n) is 3.93. The van der Waals surface area contributed by atoms with Gasteiger partial charge in [-0.05, 0) is 12.5 Å². The Kier molecular flexibility index (Phi) is 4.28. The Bertz CT molecular complexity index is 527. The van der Waals surface area contributed by atoms with Crippen molar-refractivity contribution in [2.45, 2.75) is 26.5 Å². The summed E-state index contributed by atoms with van der Waals surface area (Å²) in [6, 6.07) is 1.70. The van der Waals surface area contributed by atoms with Crippen LogP contribution in [0.25, 0.3) is 11.4 Å². The summed E-state index contributed by atoms with van der Waals surface area (Å²) in [6.07, 6.45) is 4.70. The van der Waals surface area contributed by atoms with Gasteiger partial charge in [0.25, 0.3) is 0 Å². The predicted octanol–water partition coefficient (Wildman–Crippen LogP) is 2.55. The van der Waals surface area contributed by atoms with Gasteiger partial charge in [-0.15, -0.1) is 0 Å². The molecule has 0 bridgehead atoms. The molecule has 96 valence electrons. The fourth-order valence-corrected chi connectivity index (χ4v) is 1.85. The summed E-state index contributed by atoms with van der Waals surface area (Å²) in [4.78, 5) is 8.60. The van der Waals surface area contributed by atoms with Gasteiger partial charge in [0.15, 0.2) is 5.82 Å². The van der Waals surface area contributed by atoms with E-state index < -0.39 is 0 Å². The molecule has 6 heteroatoms. The van der Waals surface area contributed by atoms with E-state index in [1.165, 1.54) is 0 Å². The lowest BCUT2D eigenvalue weighted by Crippen LogP contribution is -1.98. The minimum Gasteiger partial charge on any atom is -0.378 e. The number of aryl methyl sites for hydroxylation is 1. The molecule has 0 aliphatic heterocycles. The van der Waals surface area contributed by atoms with Gasteiger partial charge in [-0.25, -0.2) is 9.97 Å². The van der Waals surface area contributed by atoms with Gasteiger partial charge in [0.1, 0.15) is 5.15 Å². The third-order valence-corrected chi connectivity index (χ3v) is 2.58. The largest absolute Gasteiger partial charge is 0.378 e. The lowest BCUT2D eigenvalue weighted by molar-refractivity contribution is 0.181. The summed E-state index contributed by atoms with van der Waals surface area (Å²) in [5.41, 5.74) is 1.62. The maximum atomic E-state index is 5.97. The van der Waals surface area contributed by atoms with Gasteiger partial charge in [-0.1, -0.05) is 18.5 Å². The number of hydrogen-bond acceptors (Lipinski definition) is 4. The number of rotatable bonds is 5. The molecule has 2 rings (SSSR count). The van der Waals surface area contributed by atoms with Crippen LogP contribution in [0.15, 0.2) is 18.5 Å². The molecule has 0 saturated heterocycles. The Balaban J connectivity index is 2.30. The van der Waals surface area contributed by atoms with E-state index in [1.807, 2.05) is 10.9 Å². The van der Waals surface area contributed by atoms with Crippen LogP contribution in [0.1, 0.15) is 19.0 Å². The fraction of sp³-hybridized carbons (Fsp3) is 0.417. The summed E-state index contributed by atoms with van der Waals surface area (Å²) in [6.45, 7) is 3.40. The normalized spacial score (nSPS) is 10.8. The molecular formula is C12H15ClN4O. The van der Waals surface area contributed by atoms with Crippen LogP contribution in [0.3, 0.4) is 0 Å². The number of aromatic nitrogens is 4. The summed E-state index contributed by atoms with van der Waals surface area (Å²) >= 11 is 5.97. The van der Waals surface area contributed by atoms with Crippen LogP contribution in [0.4, 0.5) is 0 Å². The molecule has 0 fully saturated rings. The molecule has 0 amide bonds. The van der Waals surface area contributed by atoms with E-state index in [0.717, 1.165) is 24.2 Å². The van der Waals surface area contributed by atoms with Crippen molar-refractivity contribution in [3.05, 3.63) is 29.3 Å². The first kappa shape index (κ1) is 13.0. The first-order valence-electron chi connectivity index (χ1n) is 5.78. The maximum Gasteiger partial charge on any atom is 0.164 e. The number of nitrogens with zero attached hydrogens (tertiary/aromatic N) is 4. The third kappa shape index (κ3) is 3.05. The average molecular weight is 267 g/mol. The van der Waals surface area contributed by atoms with E-state index in [-0.39, 0.29) is 0 Å². The van der Waals surface area contributed by atoms with Gasteiger partial charge < -0.3 is 4.74 Å². The van der Waals surface area contributed by atoms with E-state index in [9.17, 15) is 0 Å².